The first-order chi connectivity index (χ1) is 17.2. The summed E-state index contributed by atoms with van der Waals surface area (Å²) in [5, 5.41) is 0. The van der Waals surface area contributed by atoms with Crippen LogP contribution in [0.1, 0.15) is 34.7 Å². The Bertz CT molecular complexity index is 1650. The topological polar surface area (TPSA) is 43.6 Å². The van der Waals surface area contributed by atoms with Crippen molar-refractivity contribution in [2.45, 2.75) is 23.8 Å². The Labute approximate surface area is 211 Å². The highest BCUT2D eigenvalue weighted by Gasteiger charge is 2.33. The van der Waals surface area contributed by atoms with Crippen LogP contribution < -0.4 is 19.6 Å². The fourth-order valence-corrected chi connectivity index (χ4v) is 6.45. The molecule has 0 amide bonds. The van der Waals surface area contributed by atoms with E-state index in [1.807, 2.05) is 28.8 Å². The van der Waals surface area contributed by atoms with E-state index in [-0.39, 0.29) is 11.6 Å². The maximum atomic E-state index is 13.9. The standard InChI is InChI=1S/C29H24N2O2S2/c1-33-24-10-6-5-9-22(24)27-23-16-13-19-7-3-4-8-21(19)26(23)30-29-31(27)28(32)25(35-29)17-18-11-14-20(34-2)15-12-18/h3-12,14-15,17,27H,13,16H2,1-2H3/b25-17-/t27-/m1/s1. The maximum Gasteiger partial charge on any atom is 0.271 e. The SMILES string of the molecule is COc1ccccc1[C@@H]1C2=C(N=c3s/c(=C\c4ccc(SC)cc4)c(=O)n31)c1ccccc1CC2. The van der Waals surface area contributed by atoms with E-state index in [2.05, 4.69) is 60.9 Å². The monoisotopic (exact) mass is 496 g/mol. The molecule has 1 aliphatic carbocycles. The van der Waals surface area contributed by atoms with Crippen molar-refractivity contribution in [1.82, 2.24) is 4.57 Å². The van der Waals surface area contributed by atoms with Gasteiger partial charge in [-0.1, -0.05) is 65.9 Å². The summed E-state index contributed by atoms with van der Waals surface area (Å²) in [5.74, 6) is 0.785. The van der Waals surface area contributed by atoms with E-state index in [4.69, 9.17) is 9.73 Å². The van der Waals surface area contributed by atoms with Crippen LogP contribution >= 0.6 is 23.1 Å². The van der Waals surface area contributed by atoms with Gasteiger partial charge in [-0.25, -0.2) is 4.99 Å². The van der Waals surface area contributed by atoms with Crippen LogP contribution in [0.5, 0.6) is 5.75 Å². The van der Waals surface area contributed by atoms with Gasteiger partial charge in [-0.05, 0) is 60.1 Å². The van der Waals surface area contributed by atoms with Crippen molar-refractivity contribution in [2.24, 2.45) is 4.99 Å². The lowest BCUT2D eigenvalue weighted by Gasteiger charge is -2.31. The van der Waals surface area contributed by atoms with Gasteiger partial charge >= 0.3 is 0 Å². The fraction of sp³-hybridized carbons (Fsp3) is 0.172. The van der Waals surface area contributed by atoms with Gasteiger partial charge in [0.05, 0.1) is 23.4 Å². The maximum absolute atomic E-state index is 13.9. The van der Waals surface area contributed by atoms with Crippen molar-refractivity contribution in [2.75, 3.05) is 13.4 Å². The molecule has 4 aromatic rings. The van der Waals surface area contributed by atoms with Crippen LogP contribution in [0, 0.1) is 0 Å². The number of hydrogen-bond donors (Lipinski definition) is 0. The van der Waals surface area contributed by atoms with Crippen molar-refractivity contribution in [3.63, 3.8) is 0 Å². The molecule has 0 unspecified atom stereocenters. The smallest absolute Gasteiger partial charge is 0.271 e. The number of fused-ring (bicyclic) bond motifs is 3. The Hall–Kier alpha value is -3.35. The molecule has 1 aliphatic heterocycles. The average Bonchev–Trinajstić information content (AvgIpc) is 3.22. The lowest BCUT2D eigenvalue weighted by Crippen LogP contribution is -2.38. The number of methoxy groups -OCH3 is 1. The summed E-state index contributed by atoms with van der Waals surface area (Å²) >= 11 is 3.16. The van der Waals surface area contributed by atoms with Crippen molar-refractivity contribution >= 4 is 34.9 Å². The predicted octanol–water partition coefficient (Wildman–Crippen LogP) is 5.05. The van der Waals surface area contributed by atoms with Gasteiger partial charge in [-0.2, -0.15) is 0 Å². The second-order valence-corrected chi connectivity index (χ2v) is 10.5. The summed E-state index contributed by atoms with van der Waals surface area (Å²) in [5.41, 5.74) is 6.64. The third kappa shape index (κ3) is 3.77. The van der Waals surface area contributed by atoms with Crippen molar-refractivity contribution < 1.29 is 4.74 Å². The van der Waals surface area contributed by atoms with Crippen molar-refractivity contribution in [1.29, 1.82) is 0 Å². The van der Waals surface area contributed by atoms with Gasteiger partial charge in [0.25, 0.3) is 5.56 Å². The summed E-state index contributed by atoms with van der Waals surface area (Å²) in [6.45, 7) is 0. The molecule has 174 valence electrons. The fourth-order valence-electron chi connectivity index (χ4n) is 5.04. The molecule has 1 atom stereocenters. The van der Waals surface area contributed by atoms with Crippen LogP contribution in [0.2, 0.25) is 0 Å². The van der Waals surface area contributed by atoms with Crippen LogP contribution in [0.15, 0.2) is 93.1 Å². The minimum atomic E-state index is -0.244. The van der Waals surface area contributed by atoms with Crippen LogP contribution in [-0.4, -0.2) is 17.9 Å². The molecule has 2 aliphatic rings. The third-order valence-electron chi connectivity index (χ3n) is 6.72. The number of allylic oxidation sites excluding steroid dienone is 1. The number of hydrogen-bond acceptors (Lipinski definition) is 5. The molecule has 1 aromatic heterocycles. The molecule has 3 aromatic carbocycles. The number of aromatic nitrogens is 1. The summed E-state index contributed by atoms with van der Waals surface area (Å²) in [7, 11) is 1.69. The Morgan fingerprint density at radius 1 is 1.03 bits per heavy atom. The van der Waals surface area contributed by atoms with Crippen LogP contribution in [0.4, 0.5) is 0 Å². The van der Waals surface area contributed by atoms with Crippen LogP contribution in [0.25, 0.3) is 11.8 Å². The number of rotatable bonds is 4. The molecule has 35 heavy (non-hydrogen) atoms. The summed E-state index contributed by atoms with van der Waals surface area (Å²) < 4.78 is 8.31. The van der Waals surface area contributed by atoms with E-state index in [1.54, 1.807) is 18.9 Å². The lowest BCUT2D eigenvalue weighted by atomic mass is 9.83. The predicted molar refractivity (Wildman–Crippen MR) is 144 cm³/mol. The molecule has 0 bridgehead atoms. The van der Waals surface area contributed by atoms with Gasteiger partial charge in [0.1, 0.15) is 5.75 Å². The van der Waals surface area contributed by atoms with Crippen LogP contribution in [0.3, 0.4) is 0 Å². The highest BCUT2D eigenvalue weighted by atomic mass is 32.2. The molecule has 0 spiro atoms. The molecule has 4 nitrogen and oxygen atoms in total. The first-order valence-corrected chi connectivity index (χ1v) is 13.6. The molecule has 0 fully saturated rings. The minimum absolute atomic E-state index is 0.0102. The Balaban J connectivity index is 1.61. The van der Waals surface area contributed by atoms with Gasteiger partial charge in [0, 0.05) is 16.0 Å². The van der Waals surface area contributed by atoms with Crippen LogP contribution in [-0.2, 0) is 6.42 Å². The second kappa shape index (κ2) is 9.02. The van der Waals surface area contributed by atoms with Gasteiger partial charge in [0.15, 0.2) is 4.80 Å². The number of benzene rings is 3. The molecule has 0 radical (unpaired) electrons. The highest BCUT2D eigenvalue weighted by Crippen LogP contribution is 2.43. The average molecular weight is 497 g/mol. The molecule has 2 heterocycles. The molecule has 6 rings (SSSR count). The van der Waals surface area contributed by atoms with E-state index in [1.165, 1.54) is 32.9 Å². The van der Waals surface area contributed by atoms with Gasteiger partial charge in [0.2, 0.25) is 0 Å². The minimum Gasteiger partial charge on any atom is -0.496 e. The number of thioether (sulfide) groups is 1. The Kier molecular flexibility index (Phi) is 5.71. The second-order valence-electron chi connectivity index (χ2n) is 8.63. The largest absolute Gasteiger partial charge is 0.496 e. The zero-order chi connectivity index (χ0) is 23.9. The van der Waals surface area contributed by atoms with Gasteiger partial charge < -0.3 is 4.74 Å². The zero-order valence-corrected chi connectivity index (χ0v) is 21.2. The summed E-state index contributed by atoms with van der Waals surface area (Å²) in [4.78, 5) is 20.9. The molecule has 6 heteroatoms. The van der Waals surface area contributed by atoms with E-state index in [0.29, 0.717) is 4.53 Å². The zero-order valence-electron chi connectivity index (χ0n) is 19.5. The van der Waals surface area contributed by atoms with Crippen molar-refractivity contribution in [3.8, 4) is 5.75 Å². The highest BCUT2D eigenvalue weighted by molar-refractivity contribution is 7.98. The number of para-hydroxylation sites is 1. The van der Waals surface area contributed by atoms with Gasteiger partial charge in [-0.15, -0.1) is 11.8 Å². The van der Waals surface area contributed by atoms with Crippen molar-refractivity contribution in [3.05, 3.63) is 120 Å². The third-order valence-corrected chi connectivity index (χ3v) is 8.45. The van der Waals surface area contributed by atoms with E-state index in [0.717, 1.165) is 40.2 Å². The Morgan fingerprint density at radius 2 is 1.80 bits per heavy atom. The molecular weight excluding hydrogens is 472 g/mol. The first-order valence-electron chi connectivity index (χ1n) is 11.6. The van der Waals surface area contributed by atoms with E-state index in [9.17, 15) is 4.79 Å². The molecule has 0 saturated carbocycles. The molecular formula is C29H24N2O2S2. The van der Waals surface area contributed by atoms with Gasteiger partial charge in [-0.3, -0.25) is 9.36 Å². The quantitative estimate of drug-likeness (QED) is 0.372. The number of nitrogens with zero attached hydrogens (tertiary/aromatic N) is 2. The van der Waals surface area contributed by atoms with E-state index >= 15 is 0 Å². The normalized spacial score (nSPS) is 16.9. The summed E-state index contributed by atoms with van der Waals surface area (Å²) in [6.07, 6.45) is 5.83. The number of thiazole rings is 1. The van der Waals surface area contributed by atoms with E-state index < -0.39 is 0 Å². The molecule has 0 N–H and O–H groups in total. The Morgan fingerprint density at radius 3 is 2.60 bits per heavy atom. The lowest BCUT2D eigenvalue weighted by molar-refractivity contribution is 0.402. The summed E-state index contributed by atoms with van der Waals surface area (Å²) in [6, 6.07) is 24.5. The number of ether oxygens (including phenoxy) is 1. The first kappa shape index (κ1) is 22.1. The molecule has 0 saturated heterocycles. The number of aryl methyl sites for hydroxylation is 1.